The van der Waals surface area contributed by atoms with E-state index >= 15 is 0 Å². The molecule has 0 fully saturated rings. The highest BCUT2D eigenvalue weighted by Crippen LogP contribution is 2.27. The third-order valence-corrected chi connectivity index (χ3v) is 4.38. The standard InChI is InChI=1S/C20H22N2O3/c1-25-17-9-6-15(7-10-17)8-11-19(23)21-12-13-22-18-5-3-2-4-16(18)14-20(22)24/h2-7,9-10H,8,11-14H2,1H3,(H,21,23). The van der Waals surface area contributed by atoms with Gasteiger partial charge in [-0.2, -0.15) is 0 Å². The lowest BCUT2D eigenvalue weighted by Gasteiger charge is -2.17. The van der Waals surface area contributed by atoms with E-state index in [2.05, 4.69) is 5.32 Å². The summed E-state index contributed by atoms with van der Waals surface area (Å²) in [6, 6.07) is 15.5. The van der Waals surface area contributed by atoms with E-state index in [0.29, 0.717) is 32.4 Å². The molecule has 2 amide bonds. The first-order valence-electron chi connectivity index (χ1n) is 8.45. The third kappa shape index (κ3) is 4.18. The number of nitrogens with one attached hydrogen (secondary N) is 1. The van der Waals surface area contributed by atoms with Crippen molar-refractivity contribution < 1.29 is 14.3 Å². The van der Waals surface area contributed by atoms with Crippen molar-refractivity contribution in [2.24, 2.45) is 0 Å². The summed E-state index contributed by atoms with van der Waals surface area (Å²) in [5.41, 5.74) is 3.11. The monoisotopic (exact) mass is 338 g/mol. The quantitative estimate of drug-likeness (QED) is 0.843. The number of carbonyl (C=O) groups excluding carboxylic acids is 2. The van der Waals surface area contributed by atoms with Gasteiger partial charge >= 0.3 is 0 Å². The zero-order valence-electron chi connectivity index (χ0n) is 14.3. The van der Waals surface area contributed by atoms with E-state index in [-0.39, 0.29) is 11.8 Å². The number of amides is 2. The van der Waals surface area contributed by atoms with Crippen molar-refractivity contribution in [2.45, 2.75) is 19.3 Å². The maximum absolute atomic E-state index is 12.1. The number of anilines is 1. The van der Waals surface area contributed by atoms with Gasteiger partial charge in [0.1, 0.15) is 5.75 Å². The molecule has 1 aliphatic rings. The summed E-state index contributed by atoms with van der Waals surface area (Å²) in [5.74, 6) is 0.896. The van der Waals surface area contributed by atoms with Crippen molar-refractivity contribution in [1.29, 1.82) is 0 Å². The lowest BCUT2D eigenvalue weighted by Crippen LogP contribution is -2.36. The lowest BCUT2D eigenvalue weighted by molar-refractivity contribution is -0.121. The maximum Gasteiger partial charge on any atom is 0.231 e. The van der Waals surface area contributed by atoms with Gasteiger partial charge in [-0.25, -0.2) is 0 Å². The fraction of sp³-hybridized carbons (Fsp3) is 0.300. The van der Waals surface area contributed by atoms with Crippen molar-refractivity contribution in [3.63, 3.8) is 0 Å². The maximum atomic E-state index is 12.1. The van der Waals surface area contributed by atoms with Crippen LogP contribution in [0.2, 0.25) is 0 Å². The zero-order chi connectivity index (χ0) is 17.6. The minimum atomic E-state index is -0.00394. The van der Waals surface area contributed by atoms with Crippen LogP contribution in [0.25, 0.3) is 0 Å². The summed E-state index contributed by atoms with van der Waals surface area (Å²) in [5, 5.41) is 2.90. The van der Waals surface area contributed by atoms with Gasteiger partial charge < -0.3 is 15.0 Å². The largest absolute Gasteiger partial charge is 0.497 e. The molecule has 0 aromatic heterocycles. The Bertz CT molecular complexity index is 756. The zero-order valence-corrected chi connectivity index (χ0v) is 14.3. The van der Waals surface area contributed by atoms with Gasteiger partial charge in [-0.1, -0.05) is 30.3 Å². The van der Waals surface area contributed by atoms with Crippen LogP contribution in [0, 0.1) is 0 Å². The van der Waals surface area contributed by atoms with E-state index in [4.69, 9.17) is 4.74 Å². The molecule has 5 nitrogen and oxygen atoms in total. The van der Waals surface area contributed by atoms with Gasteiger partial charge in [-0.15, -0.1) is 0 Å². The van der Waals surface area contributed by atoms with Crippen molar-refractivity contribution >= 4 is 17.5 Å². The number of para-hydroxylation sites is 1. The highest BCUT2D eigenvalue weighted by atomic mass is 16.5. The van der Waals surface area contributed by atoms with Crippen LogP contribution in [0.4, 0.5) is 5.69 Å². The first kappa shape index (κ1) is 17.0. The van der Waals surface area contributed by atoms with Crippen LogP contribution < -0.4 is 15.0 Å². The number of hydrogen-bond donors (Lipinski definition) is 1. The molecule has 130 valence electrons. The Morgan fingerprint density at radius 2 is 1.92 bits per heavy atom. The predicted molar refractivity (Wildman–Crippen MR) is 96.8 cm³/mol. The van der Waals surface area contributed by atoms with Gasteiger partial charge in [0, 0.05) is 25.2 Å². The number of benzene rings is 2. The third-order valence-electron chi connectivity index (χ3n) is 4.38. The molecule has 5 heteroatoms. The molecule has 2 aromatic rings. The van der Waals surface area contributed by atoms with E-state index < -0.39 is 0 Å². The number of fused-ring (bicyclic) bond motifs is 1. The topological polar surface area (TPSA) is 58.6 Å². The second-order valence-corrected chi connectivity index (χ2v) is 6.05. The molecule has 1 heterocycles. The molecule has 0 radical (unpaired) electrons. The van der Waals surface area contributed by atoms with Crippen molar-refractivity contribution in [3.05, 3.63) is 59.7 Å². The van der Waals surface area contributed by atoms with Gasteiger partial charge in [-0.05, 0) is 35.7 Å². The number of rotatable bonds is 7. The molecule has 0 atom stereocenters. The second kappa shape index (κ2) is 7.83. The van der Waals surface area contributed by atoms with E-state index in [1.165, 1.54) is 0 Å². The molecule has 3 rings (SSSR count). The van der Waals surface area contributed by atoms with Crippen LogP contribution in [0.5, 0.6) is 5.75 Å². The lowest BCUT2D eigenvalue weighted by atomic mass is 10.1. The molecular weight excluding hydrogens is 316 g/mol. The van der Waals surface area contributed by atoms with Gasteiger partial charge in [0.05, 0.1) is 13.5 Å². The molecule has 1 aliphatic heterocycles. The van der Waals surface area contributed by atoms with E-state index in [9.17, 15) is 9.59 Å². The highest BCUT2D eigenvalue weighted by Gasteiger charge is 2.26. The van der Waals surface area contributed by atoms with Crippen LogP contribution in [-0.4, -0.2) is 32.0 Å². The Labute approximate surface area is 147 Å². The molecule has 0 spiro atoms. The SMILES string of the molecule is COc1ccc(CCC(=O)NCCN2C(=O)Cc3ccccc32)cc1. The molecule has 0 saturated carbocycles. The first-order valence-corrected chi connectivity index (χ1v) is 8.45. The van der Waals surface area contributed by atoms with Gasteiger partial charge in [-0.3, -0.25) is 9.59 Å². The first-order chi connectivity index (χ1) is 12.2. The molecule has 1 N–H and O–H groups in total. The van der Waals surface area contributed by atoms with Gasteiger partial charge in [0.25, 0.3) is 0 Å². The summed E-state index contributed by atoms with van der Waals surface area (Å²) < 4.78 is 5.12. The smallest absolute Gasteiger partial charge is 0.231 e. The summed E-state index contributed by atoms with van der Waals surface area (Å²) in [6.07, 6.45) is 1.56. The van der Waals surface area contributed by atoms with Crippen LogP contribution in [0.1, 0.15) is 17.5 Å². The van der Waals surface area contributed by atoms with Crippen molar-refractivity contribution in [2.75, 3.05) is 25.1 Å². The highest BCUT2D eigenvalue weighted by molar-refractivity contribution is 6.01. The number of ether oxygens (including phenoxy) is 1. The minimum absolute atomic E-state index is 0.00394. The van der Waals surface area contributed by atoms with Crippen LogP contribution >= 0.6 is 0 Å². The summed E-state index contributed by atoms with van der Waals surface area (Å²) >= 11 is 0. The molecule has 0 unspecified atom stereocenters. The number of nitrogens with zero attached hydrogens (tertiary/aromatic N) is 1. The number of hydrogen-bond acceptors (Lipinski definition) is 3. The number of carbonyl (C=O) groups is 2. The molecule has 0 saturated heterocycles. The molecule has 0 aliphatic carbocycles. The second-order valence-electron chi connectivity index (χ2n) is 6.05. The van der Waals surface area contributed by atoms with Gasteiger partial charge in [0.15, 0.2) is 0 Å². The molecule has 0 bridgehead atoms. The predicted octanol–water partition coefficient (Wildman–Crippen LogP) is 2.33. The Morgan fingerprint density at radius 3 is 2.68 bits per heavy atom. The summed E-state index contributed by atoms with van der Waals surface area (Å²) in [6.45, 7) is 0.964. The average Bonchev–Trinajstić information content (AvgIpc) is 2.96. The average molecular weight is 338 g/mol. The number of aryl methyl sites for hydroxylation is 1. The number of methoxy groups -OCH3 is 1. The van der Waals surface area contributed by atoms with Crippen molar-refractivity contribution in [1.82, 2.24) is 5.32 Å². The van der Waals surface area contributed by atoms with Crippen LogP contribution in [-0.2, 0) is 22.4 Å². The van der Waals surface area contributed by atoms with Crippen molar-refractivity contribution in [3.8, 4) is 5.75 Å². The molecule has 2 aromatic carbocycles. The van der Waals surface area contributed by atoms with E-state index in [1.807, 2.05) is 48.5 Å². The normalized spacial score (nSPS) is 12.8. The van der Waals surface area contributed by atoms with E-state index in [0.717, 1.165) is 22.6 Å². The summed E-state index contributed by atoms with van der Waals surface area (Å²) in [7, 11) is 1.63. The Kier molecular flexibility index (Phi) is 5.33. The summed E-state index contributed by atoms with van der Waals surface area (Å²) in [4.78, 5) is 25.8. The van der Waals surface area contributed by atoms with Crippen LogP contribution in [0.15, 0.2) is 48.5 Å². The van der Waals surface area contributed by atoms with Crippen LogP contribution in [0.3, 0.4) is 0 Å². The Morgan fingerprint density at radius 1 is 1.16 bits per heavy atom. The van der Waals surface area contributed by atoms with Gasteiger partial charge in [0.2, 0.25) is 11.8 Å². The fourth-order valence-corrected chi connectivity index (χ4v) is 3.01. The Hall–Kier alpha value is -2.82. The molecule has 25 heavy (non-hydrogen) atoms. The Balaban J connectivity index is 1.43. The van der Waals surface area contributed by atoms with E-state index in [1.54, 1.807) is 12.0 Å². The minimum Gasteiger partial charge on any atom is -0.497 e. The fourth-order valence-electron chi connectivity index (χ4n) is 3.01. The molecular formula is C20H22N2O3.